The Morgan fingerprint density at radius 2 is 1.46 bits per heavy atom. The van der Waals surface area contributed by atoms with Gasteiger partial charge in [0.2, 0.25) is 0 Å². The van der Waals surface area contributed by atoms with E-state index in [1.807, 2.05) is 31.2 Å². The van der Waals surface area contributed by atoms with Crippen molar-refractivity contribution in [2.45, 2.75) is 77.6 Å². The van der Waals surface area contributed by atoms with Crippen LogP contribution in [-0.4, -0.2) is 12.6 Å². The highest BCUT2D eigenvalue weighted by molar-refractivity contribution is 5.93. The molecule has 1 aromatic carbocycles. The van der Waals surface area contributed by atoms with E-state index in [2.05, 4.69) is 6.08 Å². The lowest BCUT2D eigenvalue weighted by Crippen LogP contribution is -2.06. The van der Waals surface area contributed by atoms with Crippen LogP contribution in [0.3, 0.4) is 0 Å². The van der Waals surface area contributed by atoms with Crippen LogP contribution >= 0.6 is 0 Å². The molecule has 0 aliphatic heterocycles. The summed E-state index contributed by atoms with van der Waals surface area (Å²) in [5.41, 5.74) is 3.20. The second-order valence-electron chi connectivity index (χ2n) is 6.79. The molecule has 0 atom stereocenters. The van der Waals surface area contributed by atoms with Crippen molar-refractivity contribution in [1.29, 1.82) is 0 Å². The summed E-state index contributed by atoms with van der Waals surface area (Å²) in [4.78, 5) is 12.2. The second kappa shape index (κ2) is 11.1. The zero-order valence-corrected chi connectivity index (χ0v) is 15.2. The van der Waals surface area contributed by atoms with Crippen LogP contribution in [0.4, 0.5) is 0 Å². The average Bonchev–Trinajstić information content (AvgIpc) is 2.58. The summed E-state index contributed by atoms with van der Waals surface area (Å²) in [6.07, 6.45) is 16.7. The first-order valence-corrected chi connectivity index (χ1v) is 9.77. The monoisotopic (exact) mass is 328 g/mol. The van der Waals surface area contributed by atoms with Gasteiger partial charge in [0.15, 0.2) is 0 Å². The molecule has 1 aromatic rings. The largest absolute Gasteiger partial charge is 0.462 e. The van der Waals surface area contributed by atoms with Gasteiger partial charge in [-0.05, 0) is 44.2 Å². The number of benzene rings is 1. The molecule has 0 N–H and O–H groups in total. The van der Waals surface area contributed by atoms with Gasteiger partial charge >= 0.3 is 5.97 Å². The zero-order valence-electron chi connectivity index (χ0n) is 15.2. The van der Waals surface area contributed by atoms with E-state index in [1.54, 1.807) is 0 Å². The van der Waals surface area contributed by atoms with Crippen LogP contribution in [0, 0.1) is 0 Å². The minimum absolute atomic E-state index is 0.210. The quantitative estimate of drug-likeness (QED) is 0.588. The number of carbonyl (C=O) groups excluding carboxylic acids is 1. The van der Waals surface area contributed by atoms with Crippen LogP contribution in [0.2, 0.25) is 0 Å². The van der Waals surface area contributed by atoms with E-state index in [1.165, 1.54) is 63.4 Å². The highest BCUT2D eigenvalue weighted by Crippen LogP contribution is 2.24. The fraction of sp³-hybridized carbons (Fsp3) is 0.591. The summed E-state index contributed by atoms with van der Waals surface area (Å²) in [5.74, 6) is -0.210. The van der Waals surface area contributed by atoms with Gasteiger partial charge in [-0.25, -0.2) is 4.79 Å². The smallest absolute Gasteiger partial charge is 0.338 e. The van der Waals surface area contributed by atoms with E-state index >= 15 is 0 Å². The molecule has 0 saturated heterocycles. The van der Waals surface area contributed by atoms with Crippen LogP contribution in [0.1, 0.15) is 93.5 Å². The molecule has 1 aliphatic carbocycles. The minimum atomic E-state index is -0.210. The summed E-state index contributed by atoms with van der Waals surface area (Å²) < 4.78 is 5.20. The number of allylic oxidation sites excluding steroid dienone is 1. The lowest BCUT2D eigenvalue weighted by Gasteiger charge is -2.12. The van der Waals surface area contributed by atoms with Crippen molar-refractivity contribution in [3.63, 3.8) is 0 Å². The zero-order chi connectivity index (χ0) is 17.0. The fourth-order valence-electron chi connectivity index (χ4n) is 3.45. The number of carbonyl (C=O) groups is 1. The molecule has 24 heavy (non-hydrogen) atoms. The summed E-state index contributed by atoms with van der Waals surface area (Å²) in [5, 5.41) is 0. The van der Waals surface area contributed by atoms with Crippen molar-refractivity contribution in [2.75, 3.05) is 6.61 Å². The third kappa shape index (κ3) is 6.51. The van der Waals surface area contributed by atoms with E-state index in [0.29, 0.717) is 12.2 Å². The lowest BCUT2D eigenvalue weighted by molar-refractivity contribution is 0.0526. The van der Waals surface area contributed by atoms with Gasteiger partial charge in [-0.1, -0.05) is 74.8 Å². The Morgan fingerprint density at radius 1 is 0.917 bits per heavy atom. The Hall–Kier alpha value is -1.57. The van der Waals surface area contributed by atoms with Crippen molar-refractivity contribution < 1.29 is 9.53 Å². The first-order chi connectivity index (χ1) is 11.8. The van der Waals surface area contributed by atoms with E-state index in [4.69, 9.17) is 4.74 Å². The van der Waals surface area contributed by atoms with E-state index < -0.39 is 0 Å². The number of esters is 1. The van der Waals surface area contributed by atoms with Crippen LogP contribution < -0.4 is 0 Å². The maximum absolute atomic E-state index is 12.2. The Morgan fingerprint density at radius 3 is 2.04 bits per heavy atom. The molecule has 0 radical (unpaired) electrons. The average molecular weight is 328 g/mol. The highest BCUT2D eigenvalue weighted by atomic mass is 16.5. The summed E-state index contributed by atoms with van der Waals surface area (Å²) in [6, 6.07) is 7.83. The predicted octanol–water partition coefficient (Wildman–Crippen LogP) is 6.55. The van der Waals surface area contributed by atoms with Crippen molar-refractivity contribution in [3.05, 3.63) is 41.0 Å². The fourth-order valence-corrected chi connectivity index (χ4v) is 3.45. The van der Waals surface area contributed by atoms with E-state index in [9.17, 15) is 4.79 Å². The van der Waals surface area contributed by atoms with Gasteiger partial charge in [-0.2, -0.15) is 0 Å². The van der Waals surface area contributed by atoms with E-state index in [0.717, 1.165) is 18.4 Å². The van der Waals surface area contributed by atoms with Crippen LogP contribution in [-0.2, 0) is 4.74 Å². The summed E-state index contributed by atoms with van der Waals surface area (Å²) >= 11 is 0. The molecule has 0 unspecified atom stereocenters. The van der Waals surface area contributed by atoms with Gasteiger partial charge in [0.05, 0.1) is 12.2 Å². The van der Waals surface area contributed by atoms with Crippen molar-refractivity contribution >= 4 is 12.0 Å². The van der Waals surface area contributed by atoms with Crippen LogP contribution in [0.15, 0.2) is 29.8 Å². The number of rotatable bonds is 3. The molecule has 1 aliphatic rings. The van der Waals surface area contributed by atoms with Crippen molar-refractivity contribution in [2.24, 2.45) is 0 Å². The highest BCUT2D eigenvalue weighted by Gasteiger charge is 2.11. The van der Waals surface area contributed by atoms with Gasteiger partial charge in [0.1, 0.15) is 0 Å². The molecule has 0 aromatic heterocycles. The third-order valence-corrected chi connectivity index (χ3v) is 4.81. The Balaban J connectivity index is 2.11. The van der Waals surface area contributed by atoms with E-state index in [-0.39, 0.29) is 5.97 Å². The normalized spacial score (nSPS) is 17.5. The van der Waals surface area contributed by atoms with Crippen LogP contribution in [0.5, 0.6) is 0 Å². The lowest BCUT2D eigenvalue weighted by atomic mass is 9.95. The molecule has 132 valence electrons. The first-order valence-electron chi connectivity index (χ1n) is 9.77. The molecular weight excluding hydrogens is 296 g/mol. The Labute approximate surface area is 147 Å². The van der Waals surface area contributed by atoms with Gasteiger partial charge in [0, 0.05) is 0 Å². The van der Waals surface area contributed by atoms with Crippen LogP contribution in [0.25, 0.3) is 6.08 Å². The Bertz CT molecular complexity index is 517. The predicted molar refractivity (Wildman–Crippen MR) is 101 cm³/mol. The molecule has 0 spiro atoms. The molecule has 1 fully saturated rings. The third-order valence-electron chi connectivity index (χ3n) is 4.81. The molecule has 0 bridgehead atoms. The van der Waals surface area contributed by atoms with Crippen molar-refractivity contribution in [1.82, 2.24) is 0 Å². The minimum Gasteiger partial charge on any atom is -0.462 e. The van der Waals surface area contributed by atoms with Gasteiger partial charge in [-0.15, -0.1) is 0 Å². The second-order valence-corrected chi connectivity index (χ2v) is 6.79. The number of hydrogen-bond donors (Lipinski definition) is 0. The van der Waals surface area contributed by atoms with Crippen molar-refractivity contribution in [3.8, 4) is 0 Å². The standard InChI is InChI=1S/C22H32O2/c1-2-24-22(23)21-17-13-12-16-20(21)18-19-14-10-8-6-4-3-5-7-9-11-15-19/h12-13,16-18H,2-11,14-15H2,1H3. The Kier molecular flexibility index (Phi) is 8.65. The number of hydrogen-bond acceptors (Lipinski definition) is 2. The molecule has 2 heteroatoms. The number of ether oxygens (including phenoxy) is 1. The maximum atomic E-state index is 12.2. The van der Waals surface area contributed by atoms with Gasteiger partial charge in [0.25, 0.3) is 0 Å². The topological polar surface area (TPSA) is 26.3 Å². The molecular formula is C22H32O2. The molecule has 1 saturated carbocycles. The first kappa shape index (κ1) is 18.8. The van der Waals surface area contributed by atoms with Gasteiger partial charge < -0.3 is 4.74 Å². The summed E-state index contributed by atoms with van der Waals surface area (Å²) in [6.45, 7) is 2.27. The molecule has 2 nitrogen and oxygen atoms in total. The molecule has 0 amide bonds. The summed E-state index contributed by atoms with van der Waals surface area (Å²) in [7, 11) is 0. The maximum Gasteiger partial charge on any atom is 0.338 e. The SMILES string of the molecule is CCOC(=O)c1ccccc1C=C1CCCCCCCCCCC1. The molecule has 2 rings (SSSR count). The molecule has 0 heterocycles. The van der Waals surface area contributed by atoms with Gasteiger partial charge in [-0.3, -0.25) is 0 Å².